The normalized spacial score (nSPS) is 18.7. The van der Waals surface area contributed by atoms with Crippen LogP contribution < -0.4 is 0 Å². The zero-order chi connectivity index (χ0) is 21.4. The van der Waals surface area contributed by atoms with Crippen LogP contribution in [0.5, 0.6) is 0 Å². The Morgan fingerprint density at radius 2 is 1.54 bits per heavy atom. The Balaban J connectivity index is 0.000000878. The van der Waals surface area contributed by atoms with Crippen LogP contribution in [0.4, 0.5) is 0 Å². The van der Waals surface area contributed by atoms with Crippen LogP contribution in [0.1, 0.15) is 37.2 Å². The van der Waals surface area contributed by atoms with Gasteiger partial charge in [-0.2, -0.15) is 0 Å². The Kier molecular flexibility index (Phi) is 7.42. The SMILES string of the molecule is COC(=O)C1(C(=O)OC)C(n2c(C)nc3c(C)nc(C)nc32)C1(C)C.[I][V][I]. The fourth-order valence-electron chi connectivity index (χ4n) is 4.07. The van der Waals surface area contributed by atoms with Crippen LogP contribution in [0.2, 0.25) is 0 Å². The molecular formula is C17H22I2N4O4V. The Labute approximate surface area is 192 Å². The van der Waals surface area contributed by atoms with Gasteiger partial charge in [-0.1, -0.05) is 13.8 Å². The van der Waals surface area contributed by atoms with Gasteiger partial charge >= 0.3 is 61.4 Å². The molecule has 0 N–H and O–H groups in total. The van der Waals surface area contributed by atoms with Crippen molar-refractivity contribution in [3.05, 3.63) is 17.3 Å². The number of nitrogens with zero attached hydrogens (tertiary/aromatic N) is 4. The zero-order valence-corrected chi connectivity index (χ0v) is 22.4. The van der Waals surface area contributed by atoms with Gasteiger partial charge in [-0.05, 0) is 20.8 Å². The van der Waals surface area contributed by atoms with Gasteiger partial charge in [-0.3, -0.25) is 9.59 Å². The van der Waals surface area contributed by atoms with Crippen LogP contribution in [0.3, 0.4) is 0 Å². The van der Waals surface area contributed by atoms with E-state index in [9.17, 15) is 9.59 Å². The van der Waals surface area contributed by atoms with Gasteiger partial charge < -0.3 is 14.0 Å². The summed E-state index contributed by atoms with van der Waals surface area (Å²) in [5.41, 5.74) is -0.116. The quantitative estimate of drug-likeness (QED) is 0.285. The summed E-state index contributed by atoms with van der Waals surface area (Å²) < 4.78 is 11.8. The molecule has 2 heterocycles. The van der Waals surface area contributed by atoms with Gasteiger partial charge in [0, 0.05) is 5.41 Å². The number of carbonyl (C=O) groups excluding carboxylic acids is 2. The van der Waals surface area contributed by atoms with Crippen LogP contribution in [0.15, 0.2) is 0 Å². The average Bonchev–Trinajstić information content (AvgIpc) is 2.95. The van der Waals surface area contributed by atoms with Crippen LogP contribution in [0, 0.1) is 31.6 Å². The predicted molar refractivity (Wildman–Crippen MR) is 117 cm³/mol. The fraction of sp³-hybridized carbons (Fsp3) is 0.588. The van der Waals surface area contributed by atoms with Crippen molar-refractivity contribution >= 4 is 63.1 Å². The molecule has 0 saturated heterocycles. The summed E-state index contributed by atoms with van der Waals surface area (Å²) in [6, 6.07) is -0.501. The Hall–Kier alpha value is -0.466. The van der Waals surface area contributed by atoms with E-state index in [-0.39, 0.29) is 0 Å². The summed E-state index contributed by atoms with van der Waals surface area (Å²) in [6.07, 6.45) is 0. The predicted octanol–water partition coefficient (Wildman–Crippen LogP) is 3.43. The van der Waals surface area contributed by atoms with Crippen molar-refractivity contribution in [2.45, 2.75) is 40.7 Å². The Morgan fingerprint density at radius 1 is 1.04 bits per heavy atom. The molecular weight excluding hydrogens is 629 g/mol. The second kappa shape index (κ2) is 8.72. The van der Waals surface area contributed by atoms with Crippen molar-refractivity contribution in [3.63, 3.8) is 0 Å². The molecule has 0 bridgehead atoms. The number of imidazole rings is 1. The van der Waals surface area contributed by atoms with Crippen LogP contribution in [-0.4, -0.2) is 45.7 Å². The minimum atomic E-state index is -1.43. The maximum atomic E-state index is 12.6. The Bertz CT molecular complexity index is 916. The number of esters is 2. The van der Waals surface area contributed by atoms with Crippen molar-refractivity contribution in [2.75, 3.05) is 14.2 Å². The van der Waals surface area contributed by atoms with E-state index in [4.69, 9.17) is 9.47 Å². The van der Waals surface area contributed by atoms with Crippen molar-refractivity contribution < 1.29 is 28.5 Å². The molecule has 2 aromatic heterocycles. The van der Waals surface area contributed by atoms with Crippen LogP contribution in [-0.2, 0) is 28.5 Å². The van der Waals surface area contributed by atoms with Gasteiger partial charge in [0.2, 0.25) is 0 Å². The number of aryl methyl sites for hydroxylation is 3. The molecule has 3 rings (SSSR count). The van der Waals surface area contributed by atoms with E-state index in [1.165, 1.54) is 14.2 Å². The number of aromatic nitrogens is 4. The van der Waals surface area contributed by atoms with E-state index in [2.05, 4.69) is 54.9 Å². The molecule has 28 heavy (non-hydrogen) atoms. The second-order valence-electron chi connectivity index (χ2n) is 7.04. The number of hydrogen-bond donors (Lipinski definition) is 0. The number of carbonyl (C=O) groups is 2. The molecule has 1 fully saturated rings. The first-order valence-electron chi connectivity index (χ1n) is 8.35. The number of fused-ring (bicyclic) bond motifs is 1. The van der Waals surface area contributed by atoms with E-state index in [0.717, 1.165) is 5.69 Å². The molecule has 0 aromatic carbocycles. The molecule has 153 valence electrons. The van der Waals surface area contributed by atoms with Crippen molar-refractivity contribution in [1.82, 2.24) is 19.5 Å². The second-order valence-corrected chi connectivity index (χ2v) is 18.8. The summed E-state index contributed by atoms with van der Waals surface area (Å²) >= 11 is 4.74. The number of halogens is 2. The summed E-state index contributed by atoms with van der Waals surface area (Å²) in [5.74, 6) is 0.0355. The third-order valence-corrected chi connectivity index (χ3v) is 5.30. The number of hydrogen-bond acceptors (Lipinski definition) is 7. The zero-order valence-electron chi connectivity index (χ0n) is 16.7. The molecule has 8 nitrogen and oxygen atoms in total. The van der Waals surface area contributed by atoms with Gasteiger partial charge in [-0.25, -0.2) is 15.0 Å². The molecule has 1 atom stereocenters. The molecule has 1 aliphatic carbocycles. The topological polar surface area (TPSA) is 96.2 Å². The van der Waals surface area contributed by atoms with E-state index in [0.29, 0.717) is 32.3 Å². The van der Waals surface area contributed by atoms with E-state index in [1.54, 1.807) is 6.92 Å². The molecule has 0 radical (unpaired) electrons. The molecule has 0 spiro atoms. The summed E-state index contributed by atoms with van der Waals surface area (Å²) in [4.78, 5) is 38.6. The Morgan fingerprint density at radius 3 is 2.00 bits per heavy atom. The minimum absolute atomic E-state index is 0.501. The molecule has 11 heteroatoms. The van der Waals surface area contributed by atoms with Crippen LogP contribution in [0.25, 0.3) is 11.2 Å². The van der Waals surface area contributed by atoms with Crippen molar-refractivity contribution in [1.29, 1.82) is 0 Å². The first-order valence-corrected chi connectivity index (χ1v) is 17.4. The summed E-state index contributed by atoms with van der Waals surface area (Å²) in [7, 11) is 3.17. The third-order valence-electron chi connectivity index (χ3n) is 5.30. The van der Waals surface area contributed by atoms with Gasteiger partial charge in [-0.15, -0.1) is 0 Å². The van der Waals surface area contributed by atoms with Crippen LogP contribution >= 0.6 is 40.0 Å². The molecule has 1 saturated carbocycles. The first-order chi connectivity index (χ1) is 13.1. The summed E-state index contributed by atoms with van der Waals surface area (Å²) in [5, 5.41) is 0. The molecule has 0 amide bonds. The standard InChI is InChI=1S/C17H22N4O4.2HI.V/c1-8-11-12(19-9(2)18-8)21(10(3)20-11)13-16(4,5)17(13,14(22)24-6)15(23)25-7;;;/h13H,1-7H3;2*1H;/q;;;+2/p-2. The molecule has 2 aromatic rings. The maximum absolute atomic E-state index is 12.6. The van der Waals surface area contributed by atoms with E-state index >= 15 is 0 Å². The van der Waals surface area contributed by atoms with Crippen molar-refractivity contribution in [2.24, 2.45) is 10.8 Å². The third kappa shape index (κ3) is 3.47. The summed E-state index contributed by atoms with van der Waals surface area (Å²) in [6.45, 7) is 9.17. The number of rotatable bonds is 3. The van der Waals surface area contributed by atoms with Crippen molar-refractivity contribution in [3.8, 4) is 0 Å². The first kappa shape index (κ1) is 23.8. The average molecular weight is 651 g/mol. The molecule has 1 aliphatic rings. The van der Waals surface area contributed by atoms with Gasteiger partial charge in [0.05, 0.1) is 26.0 Å². The van der Waals surface area contributed by atoms with E-state index in [1.807, 2.05) is 32.3 Å². The fourth-order valence-corrected chi connectivity index (χ4v) is 4.07. The number of methoxy groups -OCH3 is 2. The number of ether oxygens (including phenoxy) is 2. The van der Waals surface area contributed by atoms with E-state index < -0.39 is 28.8 Å². The van der Waals surface area contributed by atoms with Gasteiger partial charge in [0.15, 0.2) is 11.1 Å². The van der Waals surface area contributed by atoms with Gasteiger partial charge in [0.1, 0.15) is 17.2 Å². The monoisotopic (exact) mass is 651 g/mol. The van der Waals surface area contributed by atoms with Gasteiger partial charge in [0.25, 0.3) is 0 Å². The molecule has 1 unspecified atom stereocenters. The molecule has 0 aliphatic heterocycles.